The second-order valence-corrected chi connectivity index (χ2v) is 8.96. The van der Waals surface area contributed by atoms with Crippen LogP contribution < -0.4 is 14.4 Å². The first kappa shape index (κ1) is 20.7. The molecule has 8 heteroatoms. The first-order valence-corrected chi connectivity index (χ1v) is 11.6. The normalized spacial score (nSPS) is 12.9. The lowest BCUT2D eigenvalue weighted by molar-refractivity contribution is -0.114. The number of nitrogens with zero attached hydrogens (tertiary/aromatic N) is 3. The summed E-state index contributed by atoms with van der Waals surface area (Å²) in [4.78, 5) is 22.8. The summed E-state index contributed by atoms with van der Waals surface area (Å²) in [7, 11) is 3.99. The second-order valence-electron chi connectivity index (χ2n) is 7.07. The number of hydrogen-bond donors (Lipinski definition) is 0. The quantitative estimate of drug-likeness (QED) is 0.401. The van der Waals surface area contributed by atoms with E-state index in [1.165, 1.54) is 4.90 Å². The molecule has 0 saturated heterocycles. The topological polar surface area (TPSA) is 54.9 Å². The maximum Gasteiger partial charge on any atom is 0.252 e. The van der Waals surface area contributed by atoms with Crippen LogP contribution in [0.4, 0.5) is 5.13 Å². The fourth-order valence-corrected chi connectivity index (χ4v) is 4.56. The Morgan fingerprint density at radius 2 is 2.00 bits per heavy atom. The Morgan fingerprint density at radius 3 is 2.80 bits per heavy atom. The van der Waals surface area contributed by atoms with Crippen molar-refractivity contribution in [3.05, 3.63) is 48.0 Å². The molecule has 0 atom stereocenters. The molecule has 0 spiro atoms. The zero-order chi connectivity index (χ0) is 21.1. The van der Waals surface area contributed by atoms with Crippen LogP contribution in [0, 0.1) is 0 Å². The van der Waals surface area contributed by atoms with E-state index in [0.717, 1.165) is 28.1 Å². The Kier molecular flexibility index (Phi) is 6.26. The number of aromatic nitrogens is 1. The smallest absolute Gasteiger partial charge is 0.252 e. The monoisotopic (exact) mass is 441 g/mol. The molecule has 1 aromatic heterocycles. The number of carbonyl (C=O) groups excluding carboxylic acids is 1. The Morgan fingerprint density at radius 1 is 1.17 bits per heavy atom. The van der Waals surface area contributed by atoms with E-state index >= 15 is 0 Å². The van der Waals surface area contributed by atoms with E-state index in [0.29, 0.717) is 17.4 Å². The summed E-state index contributed by atoms with van der Waals surface area (Å²) in [5, 5.41) is 0.713. The molecule has 4 rings (SSSR count). The number of likely N-dealkylation sites (N-methyl/N-ethyl adjacent to an activating group) is 1. The van der Waals surface area contributed by atoms with E-state index in [-0.39, 0.29) is 12.7 Å². The molecule has 2 heterocycles. The first-order chi connectivity index (χ1) is 14.5. The fourth-order valence-electron chi connectivity index (χ4n) is 3.01. The van der Waals surface area contributed by atoms with Crippen LogP contribution in [-0.4, -0.2) is 56.0 Å². The van der Waals surface area contributed by atoms with Crippen LogP contribution >= 0.6 is 23.1 Å². The maximum absolute atomic E-state index is 13.1. The van der Waals surface area contributed by atoms with Crippen molar-refractivity contribution in [2.75, 3.05) is 45.1 Å². The second kappa shape index (κ2) is 9.07. The Balaban J connectivity index is 1.58. The molecular formula is C22H23N3O3S2. The minimum Gasteiger partial charge on any atom is -0.454 e. The number of thiazole rings is 1. The molecule has 1 aliphatic rings. The van der Waals surface area contributed by atoms with Crippen LogP contribution in [0.15, 0.2) is 47.4 Å². The number of anilines is 1. The summed E-state index contributed by atoms with van der Waals surface area (Å²) in [6, 6.07) is 11.8. The molecule has 0 bridgehead atoms. The van der Waals surface area contributed by atoms with Crippen molar-refractivity contribution < 1.29 is 14.3 Å². The van der Waals surface area contributed by atoms with Crippen molar-refractivity contribution in [1.29, 1.82) is 0 Å². The molecule has 2 aromatic carbocycles. The van der Waals surface area contributed by atoms with Crippen molar-refractivity contribution >= 4 is 50.4 Å². The molecule has 30 heavy (non-hydrogen) atoms. The molecule has 0 saturated carbocycles. The van der Waals surface area contributed by atoms with Crippen LogP contribution in [0.5, 0.6) is 11.5 Å². The summed E-state index contributed by atoms with van der Waals surface area (Å²) < 4.78 is 11.8. The number of thioether (sulfide) groups is 1. The van der Waals surface area contributed by atoms with E-state index < -0.39 is 0 Å². The summed E-state index contributed by atoms with van der Waals surface area (Å²) in [5.74, 6) is 1.33. The van der Waals surface area contributed by atoms with Crippen LogP contribution in [0.1, 0.15) is 5.56 Å². The lowest BCUT2D eigenvalue weighted by atomic mass is 10.2. The van der Waals surface area contributed by atoms with E-state index in [4.69, 9.17) is 14.5 Å². The Labute approximate surface area is 184 Å². The van der Waals surface area contributed by atoms with Gasteiger partial charge in [-0.25, -0.2) is 4.98 Å². The highest BCUT2D eigenvalue weighted by atomic mass is 32.2. The number of fused-ring (bicyclic) bond motifs is 2. The van der Waals surface area contributed by atoms with Crippen molar-refractivity contribution in [2.24, 2.45) is 0 Å². The molecule has 0 N–H and O–H groups in total. The SMILES string of the molecule is CSc1ccc2nc(N(CCN(C)C)C(=O)/C=C/c3ccc4c(c3)OCO4)sc2c1. The van der Waals surface area contributed by atoms with Gasteiger partial charge in [-0.3, -0.25) is 9.69 Å². The van der Waals surface area contributed by atoms with Crippen molar-refractivity contribution in [2.45, 2.75) is 4.90 Å². The Hall–Kier alpha value is -2.55. The van der Waals surface area contributed by atoms with Gasteiger partial charge >= 0.3 is 0 Å². The average Bonchev–Trinajstić information content (AvgIpc) is 3.37. The summed E-state index contributed by atoms with van der Waals surface area (Å²) in [6.07, 6.45) is 5.44. The van der Waals surface area contributed by atoms with Gasteiger partial charge in [-0.1, -0.05) is 17.4 Å². The Bertz CT molecular complexity index is 1090. The average molecular weight is 442 g/mol. The molecular weight excluding hydrogens is 418 g/mol. The van der Waals surface area contributed by atoms with Gasteiger partial charge in [0.05, 0.1) is 10.2 Å². The van der Waals surface area contributed by atoms with Gasteiger partial charge in [0.15, 0.2) is 16.6 Å². The van der Waals surface area contributed by atoms with Gasteiger partial charge in [0.1, 0.15) is 0 Å². The van der Waals surface area contributed by atoms with Gasteiger partial charge in [0, 0.05) is 24.1 Å². The number of amides is 1. The molecule has 0 fully saturated rings. The molecule has 3 aromatic rings. The van der Waals surface area contributed by atoms with E-state index in [1.54, 1.807) is 40.2 Å². The van der Waals surface area contributed by atoms with E-state index in [1.807, 2.05) is 38.4 Å². The van der Waals surface area contributed by atoms with Crippen LogP contribution in [-0.2, 0) is 4.79 Å². The maximum atomic E-state index is 13.1. The highest BCUT2D eigenvalue weighted by Crippen LogP contribution is 2.33. The molecule has 156 valence electrons. The fraction of sp³-hybridized carbons (Fsp3) is 0.273. The van der Waals surface area contributed by atoms with Crippen molar-refractivity contribution in [3.63, 3.8) is 0 Å². The third-order valence-corrected chi connectivity index (χ3v) is 6.43. The molecule has 1 aliphatic heterocycles. The van der Waals surface area contributed by atoms with Gasteiger partial charge in [-0.2, -0.15) is 0 Å². The van der Waals surface area contributed by atoms with Gasteiger partial charge in [-0.05, 0) is 62.3 Å². The minimum absolute atomic E-state index is 0.0985. The van der Waals surface area contributed by atoms with Crippen LogP contribution in [0.3, 0.4) is 0 Å². The minimum atomic E-state index is -0.0985. The van der Waals surface area contributed by atoms with Crippen LogP contribution in [0.2, 0.25) is 0 Å². The third-order valence-electron chi connectivity index (χ3n) is 4.67. The lowest BCUT2D eigenvalue weighted by Gasteiger charge is -2.20. The highest BCUT2D eigenvalue weighted by molar-refractivity contribution is 7.98. The van der Waals surface area contributed by atoms with Gasteiger partial charge < -0.3 is 14.4 Å². The molecule has 1 amide bonds. The number of ether oxygens (including phenoxy) is 2. The standard InChI is InChI=1S/C22H23N3O3S2/c1-24(2)10-11-25(22-23-17-7-6-16(29-3)13-20(17)30-22)21(26)9-5-15-4-8-18-19(12-15)28-14-27-18/h4-9,12-13H,10-11,14H2,1-3H3/b9-5+. The first-order valence-electron chi connectivity index (χ1n) is 9.52. The molecule has 0 radical (unpaired) electrons. The summed E-state index contributed by atoms with van der Waals surface area (Å²) in [5.41, 5.74) is 1.80. The zero-order valence-corrected chi connectivity index (χ0v) is 18.8. The third kappa shape index (κ3) is 4.61. The number of hydrogen-bond acceptors (Lipinski definition) is 7. The summed E-state index contributed by atoms with van der Waals surface area (Å²) >= 11 is 3.24. The van der Waals surface area contributed by atoms with Gasteiger partial charge in [0.2, 0.25) is 6.79 Å². The van der Waals surface area contributed by atoms with Crippen molar-refractivity contribution in [1.82, 2.24) is 9.88 Å². The molecule has 6 nitrogen and oxygen atoms in total. The van der Waals surface area contributed by atoms with Crippen molar-refractivity contribution in [3.8, 4) is 11.5 Å². The summed E-state index contributed by atoms with van der Waals surface area (Å²) in [6.45, 7) is 1.54. The number of carbonyl (C=O) groups is 1. The van der Waals surface area contributed by atoms with E-state index in [2.05, 4.69) is 23.3 Å². The zero-order valence-electron chi connectivity index (χ0n) is 17.1. The number of rotatable bonds is 7. The van der Waals surface area contributed by atoms with Gasteiger partial charge in [0.25, 0.3) is 5.91 Å². The highest BCUT2D eigenvalue weighted by Gasteiger charge is 2.18. The lowest BCUT2D eigenvalue weighted by Crippen LogP contribution is -2.35. The molecule has 0 unspecified atom stereocenters. The van der Waals surface area contributed by atoms with E-state index in [9.17, 15) is 4.79 Å². The van der Waals surface area contributed by atoms with Crippen LogP contribution in [0.25, 0.3) is 16.3 Å². The predicted octanol–water partition coefficient (Wildman–Crippen LogP) is 4.35. The van der Waals surface area contributed by atoms with Gasteiger partial charge in [-0.15, -0.1) is 11.8 Å². The largest absolute Gasteiger partial charge is 0.454 e. The predicted molar refractivity (Wildman–Crippen MR) is 124 cm³/mol. The molecule has 0 aliphatic carbocycles. The number of benzene rings is 2.